The molecule has 1 amide bonds. The standard InChI is InChI=1S/C17H17N3O3S/c1-11(16(22)19-10-12-6-3-2-4-7-12)14(21)17(23)20-15(18)13-8-5-9-24-13/h2-9,21,23H,1,10H2,(H2,18,20)(H,19,22)/b17-14-. The molecule has 0 atom stereocenters. The van der Waals surface area contributed by atoms with Crippen molar-refractivity contribution in [1.29, 1.82) is 0 Å². The van der Waals surface area contributed by atoms with Crippen LogP contribution in [0.5, 0.6) is 0 Å². The molecule has 1 aromatic heterocycles. The van der Waals surface area contributed by atoms with Crippen molar-refractivity contribution in [1.82, 2.24) is 5.32 Å². The van der Waals surface area contributed by atoms with Crippen molar-refractivity contribution in [2.24, 2.45) is 10.7 Å². The van der Waals surface area contributed by atoms with Crippen LogP contribution in [-0.4, -0.2) is 22.0 Å². The number of amidine groups is 1. The van der Waals surface area contributed by atoms with E-state index in [1.807, 2.05) is 30.3 Å². The first-order valence-electron chi connectivity index (χ1n) is 7.00. The summed E-state index contributed by atoms with van der Waals surface area (Å²) in [5.41, 5.74) is 6.31. The fourth-order valence-electron chi connectivity index (χ4n) is 1.77. The molecule has 0 aliphatic rings. The number of aliphatic hydroxyl groups excluding tert-OH is 2. The number of benzene rings is 1. The molecular formula is C17H17N3O3S. The van der Waals surface area contributed by atoms with Gasteiger partial charge in [-0.2, -0.15) is 4.99 Å². The van der Waals surface area contributed by atoms with Gasteiger partial charge in [-0.1, -0.05) is 43.0 Å². The van der Waals surface area contributed by atoms with Gasteiger partial charge in [0, 0.05) is 6.54 Å². The van der Waals surface area contributed by atoms with Crippen molar-refractivity contribution < 1.29 is 15.0 Å². The Balaban J connectivity index is 2.04. The molecular weight excluding hydrogens is 326 g/mol. The highest BCUT2D eigenvalue weighted by Gasteiger charge is 2.16. The van der Waals surface area contributed by atoms with Gasteiger partial charge in [0.05, 0.1) is 10.5 Å². The van der Waals surface area contributed by atoms with E-state index >= 15 is 0 Å². The van der Waals surface area contributed by atoms with Gasteiger partial charge >= 0.3 is 0 Å². The number of nitrogens with zero attached hydrogens (tertiary/aromatic N) is 1. The summed E-state index contributed by atoms with van der Waals surface area (Å²) in [6, 6.07) is 12.8. The van der Waals surface area contributed by atoms with E-state index in [0.717, 1.165) is 5.56 Å². The summed E-state index contributed by atoms with van der Waals surface area (Å²) in [7, 11) is 0. The molecule has 0 spiro atoms. The summed E-state index contributed by atoms with van der Waals surface area (Å²) in [5.74, 6) is -2.07. The number of aliphatic imine (C=N–C) groups is 1. The lowest BCUT2D eigenvalue weighted by Crippen LogP contribution is -2.25. The third-order valence-electron chi connectivity index (χ3n) is 3.07. The molecule has 2 rings (SSSR count). The topological polar surface area (TPSA) is 108 Å². The number of hydrogen-bond donors (Lipinski definition) is 4. The van der Waals surface area contributed by atoms with E-state index in [1.165, 1.54) is 11.3 Å². The van der Waals surface area contributed by atoms with Crippen LogP contribution in [0.4, 0.5) is 0 Å². The van der Waals surface area contributed by atoms with Crippen LogP contribution in [0, 0.1) is 0 Å². The van der Waals surface area contributed by atoms with Gasteiger partial charge in [-0.3, -0.25) is 4.79 Å². The summed E-state index contributed by atoms with van der Waals surface area (Å²) in [4.78, 5) is 16.3. The van der Waals surface area contributed by atoms with Crippen molar-refractivity contribution >= 4 is 23.1 Å². The Kier molecular flexibility index (Phi) is 5.75. The van der Waals surface area contributed by atoms with Crippen molar-refractivity contribution in [3.05, 3.63) is 82.1 Å². The minimum atomic E-state index is -0.763. The zero-order valence-corrected chi connectivity index (χ0v) is 13.6. The predicted octanol–water partition coefficient (Wildman–Crippen LogP) is 2.61. The molecule has 0 bridgehead atoms. The summed E-state index contributed by atoms with van der Waals surface area (Å²) in [6.07, 6.45) is 0. The quantitative estimate of drug-likeness (QED) is 0.212. The second kappa shape index (κ2) is 7.98. The Hall–Kier alpha value is -3.06. The number of aliphatic hydroxyl groups is 2. The molecule has 0 aliphatic heterocycles. The van der Waals surface area contributed by atoms with E-state index in [2.05, 4.69) is 16.9 Å². The third-order valence-corrected chi connectivity index (χ3v) is 3.96. The van der Waals surface area contributed by atoms with Gasteiger partial charge in [0.25, 0.3) is 11.8 Å². The highest BCUT2D eigenvalue weighted by atomic mass is 32.1. The number of nitrogens with one attached hydrogen (secondary N) is 1. The maximum Gasteiger partial charge on any atom is 0.257 e. The predicted molar refractivity (Wildman–Crippen MR) is 94.8 cm³/mol. The van der Waals surface area contributed by atoms with E-state index < -0.39 is 17.5 Å². The van der Waals surface area contributed by atoms with Crippen molar-refractivity contribution in [3.8, 4) is 0 Å². The minimum absolute atomic E-state index is 0.0338. The number of amides is 1. The van der Waals surface area contributed by atoms with Crippen LogP contribution in [0.25, 0.3) is 0 Å². The van der Waals surface area contributed by atoms with E-state index in [-0.39, 0.29) is 18.0 Å². The maximum atomic E-state index is 12.0. The van der Waals surface area contributed by atoms with Crippen molar-refractivity contribution in [2.45, 2.75) is 6.54 Å². The monoisotopic (exact) mass is 343 g/mol. The zero-order chi connectivity index (χ0) is 17.5. The van der Waals surface area contributed by atoms with E-state index in [4.69, 9.17) is 5.73 Å². The molecule has 124 valence electrons. The van der Waals surface area contributed by atoms with Crippen LogP contribution in [0.1, 0.15) is 10.4 Å². The van der Waals surface area contributed by atoms with Gasteiger partial charge in [0.15, 0.2) is 5.76 Å². The van der Waals surface area contributed by atoms with Crippen molar-refractivity contribution in [2.75, 3.05) is 0 Å². The third kappa shape index (κ3) is 4.47. The molecule has 2 aromatic rings. The van der Waals surface area contributed by atoms with Gasteiger partial charge < -0.3 is 21.3 Å². The Morgan fingerprint density at radius 2 is 1.92 bits per heavy atom. The van der Waals surface area contributed by atoms with Crippen LogP contribution in [0.15, 0.2) is 76.6 Å². The number of carbonyl (C=O) groups excluding carboxylic acids is 1. The van der Waals surface area contributed by atoms with Gasteiger partial charge in [0.1, 0.15) is 5.84 Å². The number of nitrogens with two attached hydrogens (primary N) is 1. The van der Waals surface area contributed by atoms with Crippen LogP contribution in [-0.2, 0) is 11.3 Å². The van der Waals surface area contributed by atoms with E-state index in [1.54, 1.807) is 17.5 Å². The average molecular weight is 343 g/mol. The molecule has 0 saturated carbocycles. The molecule has 0 saturated heterocycles. The molecule has 5 N–H and O–H groups in total. The molecule has 1 heterocycles. The first kappa shape index (κ1) is 17.3. The first-order chi connectivity index (χ1) is 11.5. The van der Waals surface area contributed by atoms with Crippen molar-refractivity contribution in [3.63, 3.8) is 0 Å². The normalized spacial score (nSPS) is 12.4. The Morgan fingerprint density at radius 1 is 1.21 bits per heavy atom. The number of rotatable bonds is 6. The fraction of sp³-hybridized carbons (Fsp3) is 0.0588. The lowest BCUT2D eigenvalue weighted by atomic mass is 10.2. The van der Waals surface area contributed by atoms with Crippen LogP contribution >= 0.6 is 11.3 Å². The largest absolute Gasteiger partial charge is 0.503 e. The summed E-state index contributed by atoms with van der Waals surface area (Å²) in [5, 5.41) is 24.1. The SMILES string of the molecule is C=C(C(=O)NCc1ccccc1)/C(O)=C(O)\N=C(/N)c1cccs1. The van der Waals surface area contributed by atoms with Gasteiger partial charge in [0.2, 0.25) is 0 Å². The molecule has 0 radical (unpaired) electrons. The van der Waals surface area contributed by atoms with Crippen LogP contribution in [0.2, 0.25) is 0 Å². The molecule has 0 fully saturated rings. The Morgan fingerprint density at radius 3 is 2.54 bits per heavy atom. The Bertz CT molecular complexity index is 781. The second-order valence-corrected chi connectivity index (χ2v) is 5.74. The number of carbonyl (C=O) groups is 1. The maximum absolute atomic E-state index is 12.0. The fourth-order valence-corrected chi connectivity index (χ4v) is 2.40. The van der Waals surface area contributed by atoms with E-state index in [0.29, 0.717) is 4.88 Å². The average Bonchev–Trinajstić information content (AvgIpc) is 3.14. The smallest absolute Gasteiger partial charge is 0.257 e. The number of hydrogen-bond acceptors (Lipinski definition) is 5. The number of thiophene rings is 1. The lowest BCUT2D eigenvalue weighted by molar-refractivity contribution is -0.117. The minimum Gasteiger partial charge on any atom is -0.503 e. The second-order valence-electron chi connectivity index (χ2n) is 4.79. The summed E-state index contributed by atoms with van der Waals surface area (Å²) >= 11 is 1.33. The summed E-state index contributed by atoms with van der Waals surface area (Å²) < 4.78 is 0. The lowest BCUT2D eigenvalue weighted by Gasteiger charge is -2.08. The molecule has 1 aromatic carbocycles. The molecule has 0 unspecified atom stereocenters. The zero-order valence-electron chi connectivity index (χ0n) is 12.8. The highest BCUT2D eigenvalue weighted by molar-refractivity contribution is 7.12. The molecule has 6 nitrogen and oxygen atoms in total. The van der Waals surface area contributed by atoms with Crippen LogP contribution < -0.4 is 11.1 Å². The van der Waals surface area contributed by atoms with Gasteiger partial charge in [-0.15, -0.1) is 11.3 Å². The Labute approximate surface area is 143 Å². The summed E-state index contributed by atoms with van der Waals surface area (Å²) in [6.45, 7) is 3.74. The molecule has 24 heavy (non-hydrogen) atoms. The van der Waals surface area contributed by atoms with Gasteiger partial charge in [-0.25, -0.2) is 0 Å². The highest BCUT2D eigenvalue weighted by Crippen LogP contribution is 2.13. The first-order valence-corrected chi connectivity index (χ1v) is 7.88. The molecule has 0 aliphatic carbocycles. The van der Waals surface area contributed by atoms with Gasteiger partial charge in [-0.05, 0) is 17.0 Å². The van der Waals surface area contributed by atoms with E-state index in [9.17, 15) is 15.0 Å². The molecule has 7 heteroatoms. The van der Waals surface area contributed by atoms with Crippen LogP contribution in [0.3, 0.4) is 0 Å².